The first-order valence-corrected chi connectivity index (χ1v) is 13.8. The molecule has 16 heteroatoms. The predicted molar refractivity (Wildman–Crippen MR) is 150 cm³/mol. The van der Waals surface area contributed by atoms with E-state index in [4.69, 9.17) is 23.2 Å². The van der Waals surface area contributed by atoms with E-state index in [-0.39, 0.29) is 53.1 Å². The molecular weight excluding hydrogens is 631 g/mol. The largest absolute Gasteiger partial charge is 0.493 e. The smallest absolute Gasteiger partial charge is 0.328 e. The number of H-pyrrole nitrogens is 1. The van der Waals surface area contributed by atoms with Gasteiger partial charge in [-0.05, 0) is 35.9 Å². The van der Waals surface area contributed by atoms with E-state index in [9.17, 15) is 27.6 Å². The number of hydrogen-bond donors (Lipinski definition) is 1. The van der Waals surface area contributed by atoms with Gasteiger partial charge in [-0.25, -0.2) is 14.1 Å². The van der Waals surface area contributed by atoms with Crippen molar-refractivity contribution in [2.75, 3.05) is 19.6 Å². The molecular formula is C28H20Cl2F4N6O4+. The lowest BCUT2D eigenvalue weighted by Crippen LogP contribution is -2.58. The van der Waals surface area contributed by atoms with E-state index in [2.05, 4.69) is 14.9 Å². The van der Waals surface area contributed by atoms with Crippen LogP contribution in [-0.2, 0) is 16.1 Å². The minimum absolute atomic E-state index is 0.0733. The summed E-state index contributed by atoms with van der Waals surface area (Å²) in [6, 6.07) is 13.9. The molecule has 44 heavy (non-hydrogen) atoms. The maximum Gasteiger partial charge on any atom is 0.493 e. The summed E-state index contributed by atoms with van der Waals surface area (Å²) in [6.45, 7) is -0.0802. The number of aromatic amines is 1. The van der Waals surface area contributed by atoms with Gasteiger partial charge in [0.1, 0.15) is 23.0 Å². The number of alkyl halides is 3. The Hall–Kier alpha value is -4.56. The molecule has 1 amide bonds. The third-order valence-corrected chi connectivity index (χ3v) is 7.99. The first-order chi connectivity index (χ1) is 20.9. The number of amides is 1. The van der Waals surface area contributed by atoms with Crippen LogP contribution in [0.15, 0.2) is 65.6 Å². The fourth-order valence-electron chi connectivity index (χ4n) is 5.18. The molecule has 1 unspecified atom stereocenters. The average molecular weight is 651 g/mol. The summed E-state index contributed by atoms with van der Waals surface area (Å²) in [5.41, 5.74) is 1.07. The Bertz CT molecular complexity index is 1880. The molecule has 1 radical (unpaired) electrons. The van der Waals surface area contributed by atoms with E-state index in [1.165, 1.54) is 33.7 Å². The molecule has 227 valence electrons. The Morgan fingerprint density at radius 3 is 2.55 bits per heavy atom. The minimum Gasteiger partial charge on any atom is -0.328 e. The molecule has 4 aromatic rings. The Kier molecular flexibility index (Phi) is 7.49. The van der Waals surface area contributed by atoms with Gasteiger partial charge < -0.3 is 9.88 Å². The highest BCUT2D eigenvalue weighted by atomic mass is 35.5. The topological polar surface area (TPSA) is 104 Å². The number of nitrogens with zero attached hydrogens (tertiary/aromatic N) is 5. The zero-order chi connectivity index (χ0) is 31.3. The predicted octanol–water partition coefficient (Wildman–Crippen LogP) is 3.78. The zero-order valence-electron chi connectivity index (χ0n) is 22.3. The molecule has 1 atom stereocenters. The van der Waals surface area contributed by atoms with Crippen molar-refractivity contribution in [2.45, 2.75) is 18.8 Å². The zero-order valence-corrected chi connectivity index (χ0v) is 23.8. The molecule has 1 N–H and O–H groups in total. The van der Waals surface area contributed by atoms with E-state index >= 15 is 4.39 Å². The summed E-state index contributed by atoms with van der Waals surface area (Å²) in [5, 5.41) is 4.92. The fourth-order valence-corrected chi connectivity index (χ4v) is 5.62. The lowest BCUT2D eigenvalue weighted by Gasteiger charge is -2.34. The lowest BCUT2D eigenvalue weighted by molar-refractivity contribution is -0.258. The maximum absolute atomic E-state index is 15.0. The average Bonchev–Trinajstić information content (AvgIpc) is 3.51. The third kappa shape index (κ3) is 5.35. The number of fused-ring (bicyclic) bond motifs is 2. The molecule has 0 bridgehead atoms. The number of nitrogens with one attached hydrogen (secondary N) is 1. The van der Waals surface area contributed by atoms with Crippen molar-refractivity contribution in [3.8, 4) is 0 Å². The van der Waals surface area contributed by atoms with Crippen molar-refractivity contribution in [3.05, 3.63) is 110 Å². The van der Waals surface area contributed by atoms with Gasteiger partial charge in [-0.15, -0.1) is 0 Å². The lowest BCUT2D eigenvalue weighted by atomic mass is 10.0. The normalized spacial score (nSPS) is 16.7. The van der Waals surface area contributed by atoms with Gasteiger partial charge in [-0.1, -0.05) is 47.5 Å². The standard InChI is InChI=1S/C28H20Cl2F4N6O4/c29-19-12-21-25(41)35-13-17(39(21)23(19)30)10-15-6-7-20(31)18(11-15)26(42)37-8-9-38-22(14-37)40(44-27(43)28(32,33)34)36-24(38)16-4-2-1-3-5-16/h1-7,11-13,22H,8-10,14H2,(H,35,41)/q+1. The van der Waals surface area contributed by atoms with E-state index in [0.717, 1.165) is 6.07 Å². The Morgan fingerprint density at radius 2 is 1.82 bits per heavy atom. The van der Waals surface area contributed by atoms with Crippen LogP contribution in [0.25, 0.3) is 5.52 Å². The number of carbonyl (C=O) groups excluding carboxylic acids is 2. The highest BCUT2D eigenvalue weighted by Crippen LogP contribution is 2.28. The first-order valence-electron chi connectivity index (χ1n) is 13.1. The number of carbonyl (C=O) groups is 2. The highest BCUT2D eigenvalue weighted by Gasteiger charge is 2.54. The van der Waals surface area contributed by atoms with Gasteiger partial charge in [0.05, 0.1) is 34.3 Å². The quantitative estimate of drug-likeness (QED) is 0.330. The van der Waals surface area contributed by atoms with Gasteiger partial charge >= 0.3 is 18.0 Å². The van der Waals surface area contributed by atoms with E-state index < -0.39 is 35.6 Å². The summed E-state index contributed by atoms with van der Waals surface area (Å²) < 4.78 is 55.6. The molecule has 2 aromatic carbocycles. The van der Waals surface area contributed by atoms with Crippen LogP contribution >= 0.6 is 23.2 Å². The van der Waals surface area contributed by atoms with Gasteiger partial charge in [-0.3, -0.25) is 18.8 Å². The number of benzene rings is 2. The van der Waals surface area contributed by atoms with Gasteiger partial charge in [0.25, 0.3) is 17.6 Å². The molecule has 0 spiro atoms. The molecule has 0 saturated carbocycles. The summed E-state index contributed by atoms with van der Waals surface area (Å²) >= 11 is 12.4. The van der Waals surface area contributed by atoms with Crippen LogP contribution in [0.1, 0.15) is 27.2 Å². The molecule has 6 rings (SSSR count). The molecule has 2 aliphatic heterocycles. The number of piperazine rings is 1. The van der Waals surface area contributed by atoms with Crippen molar-refractivity contribution < 1.29 is 32.0 Å². The number of hydroxylamine groups is 1. The van der Waals surface area contributed by atoms with Crippen molar-refractivity contribution in [2.24, 2.45) is 0 Å². The second-order valence-electron chi connectivity index (χ2n) is 10.00. The molecule has 10 nitrogen and oxygen atoms in total. The third-order valence-electron chi connectivity index (χ3n) is 7.24. The first kappa shape index (κ1) is 29.5. The second-order valence-corrected chi connectivity index (χ2v) is 10.8. The summed E-state index contributed by atoms with van der Waals surface area (Å²) in [5.74, 6) is -3.77. The minimum atomic E-state index is -5.28. The van der Waals surface area contributed by atoms with Crippen molar-refractivity contribution >= 4 is 46.4 Å². The molecule has 2 aromatic heterocycles. The van der Waals surface area contributed by atoms with E-state index in [1.54, 1.807) is 35.2 Å². The monoisotopic (exact) mass is 650 g/mol. The molecule has 1 fully saturated rings. The molecule has 0 aliphatic carbocycles. The second kappa shape index (κ2) is 11.2. The Morgan fingerprint density at radius 1 is 1.07 bits per heavy atom. The molecule has 4 heterocycles. The van der Waals surface area contributed by atoms with Crippen molar-refractivity contribution in [1.82, 2.24) is 29.5 Å². The van der Waals surface area contributed by atoms with Gasteiger partial charge in [-0.2, -0.15) is 13.2 Å². The van der Waals surface area contributed by atoms with Crippen LogP contribution in [0, 0.1) is 5.82 Å². The van der Waals surface area contributed by atoms with Crippen LogP contribution in [0.5, 0.6) is 0 Å². The van der Waals surface area contributed by atoms with Crippen LogP contribution < -0.4 is 10.7 Å². The van der Waals surface area contributed by atoms with Gasteiger partial charge in [0, 0.05) is 23.5 Å². The van der Waals surface area contributed by atoms with Crippen molar-refractivity contribution in [1.29, 1.82) is 0 Å². The van der Waals surface area contributed by atoms with Crippen LogP contribution in [-0.4, -0.2) is 74.0 Å². The maximum atomic E-state index is 15.0. The molecule has 2 aliphatic rings. The van der Waals surface area contributed by atoms with Crippen LogP contribution in [0.3, 0.4) is 0 Å². The van der Waals surface area contributed by atoms with Crippen LogP contribution in [0.2, 0.25) is 10.2 Å². The van der Waals surface area contributed by atoms with Gasteiger partial charge in [0.15, 0.2) is 0 Å². The summed E-state index contributed by atoms with van der Waals surface area (Å²) in [6.07, 6.45) is -4.82. The number of halogens is 6. The van der Waals surface area contributed by atoms with Crippen molar-refractivity contribution in [3.63, 3.8) is 0 Å². The SMILES string of the molecule is O=C(c1cc(Cc2c[nH]c(=O)c3cc(Cl)c(Cl)n23)ccc1F)N1CCN2C(c3ccccc3)=[N+]N(OC(=O)C(F)(F)F)C2C1. The number of hydrazone groups is 1. The number of aromatic nitrogens is 2. The number of rotatable bonds is 5. The summed E-state index contributed by atoms with van der Waals surface area (Å²) in [4.78, 5) is 47.6. The number of amidine groups is 1. The highest BCUT2D eigenvalue weighted by molar-refractivity contribution is 6.42. The Labute approximate surface area is 255 Å². The Balaban J connectivity index is 1.26. The summed E-state index contributed by atoms with van der Waals surface area (Å²) in [7, 11) is 0. The van der Waals surface area contributed by atoms with E-state index in [1.807, 2.05) is 0 Å². The number of hydrogen-bond acceptors (Lipinski definition) is 7. The fraction of sp³-hybridized carbons (Fsp3) is 0.214. The molecule has 1 saturated heterocycles. The van der Waals surface area contributed by atoms with E-state index in [0.29, 0.717) is 22.0 Å². The van der Waals surface area contributed by atoms with Gasteiger partial charge in [0.2, 0.25) is 0 Å². The van der Waals surface area contributed by atoms with Crippen LogP contribution in [0.4, 0.5) is 17.6 Å².